The van der Waals surface area contributed by atoms with E-state index < -0.39 is 0 Å². The smallest absolute Gasteiger partial charge is 0.159 e. The van der Waals surface area contributed by atoms with Crippen LogP contribution in [0.25, 0.3) is 83.4 Å². The lowest BCUT2D eigenvalue weighted by molar-refractivity contribution is 0.664. The van der Waals surface area contributed by atoms with E-state index in [1.54, 1.807) is 11.3 Å². The van der Waals surface area contributed by atoms with Gasteiger partial charge in [-0.1, -0.05) is 153 Å². The predicted octanol–water partition coefficient (Wildman–Crippen LogP) is 14.7. The molecule has 1 aliphatic rings. The van der Waals surface area contributed by atoms with E-state index in [-0.39, 0.29) is 5.92 Å². The molecule has 0 amide bonds. The number of aryl methyl sites for hydroxylation is 1. The third-order valence-corrected chi connectivity index (χ3v) is 13.4. The van der Waals surface area contributed by atoms with Crippen LogP contribution in [0, 0.1) is 6.92 Å². The Morgan fingerprint density at radius 1 is 0.814 bits per heavy atom. The average Bonchev–Trinajstić information content (AvgIpc) is 3.94. The first-order valence-electron chi connectivity index (χ1n) is 20.3. The van der Waals surface area contributed by atoms with E-state index in [0.717, 1.165) is 62.2 Å². The summed E-state index contributed by atoms with van der Waals surface area (Å²) in [6.07, 6.45) is 8.51. The predicted molar refractivity (Wildman–Crippen MR) is 252 cm³/mol. The van der Waals surface area contributed by atoms with Crippen LogP contribution in [0.1, 0.15) is 57.7 Å². The first-order chi connectivity index (χ1) is 29.0. The standard InChI is InChI=1S/C54H41N3OS/c1-4-38-33(3)59-54(49(38)32(2)36-29-28-34-16-8-9-19-37(34)30-36)56-53(55)43-24-15-27-48-51(43)42-23-14-26-46(52(42)58-48)57-45-25-13-12-22-41(45)50-40-21-11-10-20-39(40)44(31-47(50)57)35-17-6-5-7-18-35/h4-12,14-24,26-32H,1,13,25H2,2-3H3,(H2,55,56). The fourth-order valence-electron chi connectivity index (χ4n) is 9.56. The number of nitrogens with zero attached hydrogens (tertiary/aromatic N) is 2. The van der Waals surface area contributed by atoms with Crippen molar-refractivity contribution in [2.24, 2.45) is 10.7 Å². The molecule has 3 heterocycles. The van der Waals surface area contributed by atoms with Gasteiger partial charge in [0.25, 0.3) is 0 Å². The zero-order chi connectivity index (χ0) is 39.8. The van der Waals surface area contributed by atoms with Gasteiger partial charge in [0.1, 0.15) is 16.4 Å². The largest absolute Gasteiger partial charge is 0.454 e. The SMILES string of the molecule is C=Cc1c(C)sc(/N=C(\N)c2cccc3oc4c(-n5c6c(c7c8ccccc8c(-c8ccccc8)cc75)C=CCC6)cccc4c23)c1C(C)c1ccc2ccccc2c1. The highest BCUT2D eigenvalue weighted by Gasteiger charge is 2.26. The molecule has 0 saturated heterocycles. The Hall–Kier alpha value is -6.95. The van der Waals surface area contributed by atoms with Crippen LogP contribution in [0.5, 0.6) is 0 Å². The van der Waals surface area contributed by atoms with Gasteiger partial charge in [-0.2, -0.15) is 0 Å². The number of fused-ring (bicyclic) bond motifs is 9. The van der Waals surface area contributed by atoms with Crippen LogP contribution in [0.4, 0.5) is 5.00 Å². The summed E-state index contributed by atoms with van der Waals surface area (Å²) in [5, 5.41) is 9.11. The highest BCUT2D eigenvalue weighted by Crippen LogP contribution is 2.46. The minimum absolute atomic E-state index is 0.0777. The summed E-state index contributed by atoms with van der Waals surface area (Å²) in [6, 6.07) is 49.8. The number of hydrogen-bond donors (Lipinski definition) is 1. The van der Waals surface area contributed by atoms with E-state index in [2.05, 4.69) is 165 Å². The zero-order valence-corrected chi connectivity index (χ0v) is 33.8. The van der Waals surface area contributed by atoms with Crippen molar-refractivity contribution in [3.63, 3.8) is 0 Å². The summed E-state index contributed by atoms with van der Waals surface area (Å²) in [6.45, 7) is 8.61. The van der Waals surface area contributed by atoms with Crippen molar-refractivity contribution in [1.82, 2.24) is 4.57 Å². The van der Waals surface area contributed by atoms with Crippen LogP contribution in [0.15, 0.2) is 162 Å². The number of rotatable bonds is 7. The zero-order valence-electron chi connectivity index (χ0n) is 33.0. The van der Waals surface area contributed by atoms with E-state index in [1.807, 2.05) is 18.2 Å². The van der Waals surface area contributed by atoms with Crippen molar-refractivity contribution in [3.05, 3.63) is 191 Å². The topological polar surface area (TPSA) is 56.4 Å². The van der Waals surface area contributed by atoms with Gasteiger partial charge in [-0.05, 0) is 81.8 Å². The number of aromatic nitrogens is 1. The van der Waals surface area contributed by atoms with E-state index in [0.29, 0.717) is 5.84 Å². The second-order valence-corrected chi connectivity index (χ2v) is 16.8. The molecule has 0 radical (unpaired) electrons. The lowest BCUT2D eigenvalue weighted by atomic mass is 9.89. The molecule has 3 aromatic heterocycles. The Labute approximate surface area is 346 Å². The highest BCUT2D eigenvalue weighted by atomic mass is 32.1. The first-order valence-corrected chi connectivity index (χ1v) is 21.1. The number of furan rings is 1. The lowest BCUT2D eigenvalue weighted by Gasteiger charge is -2.15. The van der Waals surface area contributed by atoms with Gasteiger partial charge in [0, 0.05) is 49.3 Å². The molecule has 11 rings (SSSR count). The van der Waals surface area contributed by atoms with Gasteiger partial charge < -0.3 is 14.7 Å². The fourth-order valence-corrected chi connectivity index (χ4v) is 10.7. The van der Waals surface area contributed by atoms with E-state index in [1.165, 1.54) is 65.3 Å². The summed E-state index contributed by atoms with van der Waals surface area (Å²) in [5.41, 5.74) is 20.3. The first kappa shape index (κ1) is 35.2. The third-order valence-electron chi connectivity index (χ3n) is 12.3. The van der Waals surface area contributed by atoms with Crippen LogP contribution in [-0.4, -0.2) is 10.4 Å². The van der Waals surface area contributed by atoms with Gasteiger partial charge in [0.15, 0.2) is 5.58 Å². The Balaban J connectivity index is 1.10. The lowest BCUT2D eigenvalue weighted by Crippen LogP contribution is -2.13. The Morgan fingerprint density at radius 3 is 2.42 bits per heavy atom. The van der Waals surface area contributed by atoms with Crippen molar-refractivity contribution in [2.45, 2.75) is 32.6 Å². The third kappa shape index (κ3) is 5.53. The number of allylic oxidation sites excluding steroid dienone is 1. The van der Waals surface area contributed by atoms with Gasteiger partial charge in [0.05, 0.1) is 11.2 Å². The van der Waals surface area contributed by atoms with Crippen LogP contribution < -0.4 is 5.73 Å². The molecule has 59 heavy (non-hydrogen) atoms. The molecule has 10 aromatic rings. The minimum atomic E-state index is 0.0777. The normalized spacial score (nSPS) is 13.6. The van der Waals surface area contributed by atoms with Crippen molar-refractivity contribution < 1.29 is 4.42 Å². The maximum absolute atomic E-state index is 7.13. The molecule has 1 unspecified atom stereocenters. The van der Waals surface area contributed by atoms with Crippen LogP contribution >= 0.6 is 11.3 Å². The number of hydrogen-bond acceptors (Lipinski definition) is 3. The van der Waals surface area contributed by atoms with E-state index in [9.17, 15) is 0 Å². The number of amidine groups is 1. The summed E-state index contributed by atoms with van der Waals surface area (Å²) in [4.78, 5) is 6.43. The molecule has 1 aliphatic carbocycles. The molecular weight excluding hydrogens is 739 g/mol. The molecule has 0 bridgehead atoms. The van der Waals surface area contributed by atoms with E-state index in [4.69, 9.17) is 15.1 Å². The monoisotopic (exact) mass is 779 g/mol. The maximum atomic E-state index is 7.13. The molecule has 2 N–H and O–H groups in total. The average molecular weight is 780 g/mol. The molecule has 0 aliphatic heterocycles. The maximum Gasteiger partial charge on any atom is 0.159 e. The molecule has 1 atom stereocenters. The molecule has 0 spiro atoms. The Morgan fingerprint density at radius 2 is 1.58 bits per heavy atom. The van der Waals surface area contributed by atoms with Crippen LogP contribution in [0.3, 0.4) is 0 Å². The number of thiophene rings is 1. The van der Waals surface area contributed by atoms with Gasteiger partial charge >= 0.3 is 0 Å². The van der Waals surface area contributed by atoms with Crippen molar-refractivity contribution in [2.75, 3.05) is 0 Å². The molecule has 5 heteroatoms. The summed E-state index contributed by atoms with van der Waals surface area (Å²) >= 11 is 1.67. The second kappa shape index (κ2) is 13.9. The summed E-state index contributed by atoms with van der Waals surface area (Å²) in [7, 11) is 0. The van der Waals surface area contributed by atoms with Gasteiger partial charge in [-0.25, -0.2) is 4.99 Å². The molecular formula is C54H41N3OS. The highest BCUT2D eigenvalue weighted by molar-refractivity contribution is 7.16. The minimum Gasteiger partial charge on any atom is -0.454 e. The van der Waals surface area contributed by atoms with Crippen molar-refractivity contribution in [1.29, 1.82) is 0 Å². The Kier molecular flexibility index (Phi) is 8.28. The molecule has 4 nitrogen and oxygen atoms in total. The van der Waals surface area contributed by atoms with Crippen LogP contribution in [-0.2, 0) is 6.42 Å². The molecule has 0 fully saturated rings. The second-order valence-electron chi connectivity index (χ2n) is 15.6. The summed E-state index contributed by atoms with van der Waals surface area (Å²) < 4.78 is 9.39. The number of aliphatic imine (C=N–C) groups is 1. The van der Waals surface area contributed by atoms with Crippen LogP contribution in [0.2, 0.25) is 0 Å². The Bertz CT molecular complexity index is 3390. The number of nitrogens with two attached hydrogens (primary N) is 1. The van der Waals surface area contributed by atoms with Crippen molar-refractivity contribution >= 4 is 88.7 Å². The fraction of sp³-hybridized carbons (Fsp3) is 0.0926. The van der Waals surface area contributed by atoms with Crippen molar-refractivity contribution in [3.8, 4) is 16.8 Å². The molecule has 0 saturated carbocycles. The molecule has 7 aromatic carbocycles. The number of para-hydroxylation sites is 1. The quantitative estimate of drug-likeness (QED) is 0.129. The van der Waals surface area contributed by atoms with E-state index >= 15 is 0 Å². The van der Waals surface area contributed by atoms with Gasteiger partial charge in [-0.3, -0.25) is 0 Å². The van der Waals surface area contributed by atoms with Gasteiger partial charge in [0.2, 0.25) is 0 Å². The number of benzene rings is 7. The van der Waals surface area contributed by atoms with Gasteiger partial charge in [-0.15, -0.1) is 11.3 Å². The molecule has 284 valence electrons. The summed E-state index contributed by atoms with van der Waals surface area (Å²) in [5.74, 6) is 0.536.